The first-order valence-corrected chi connectivity index (χ1v) is 13.8. The van der Waals surface area contributed by atoms with Gasteiger partial charge in [-0.15, -0.1) is 13.2 Å². The van der Waals surface area contributed by atoms with E-state index in [1.807, 2.05) is 23.6 Å². The minimum Gasteiger partial charge on any atom is -0.413 e. The van der Waals surface area contributed by atoms with Crippen molar-refractivity contribution in [2.24, 2.45) is 0 Å². The number of hydrogen-bond donors (Lipinski definition) is 1. The Kier molecular flexibility index (Phi) is 8.61. The summed E-state index contributed by atoms with van der Waals surface area (Å²) in [5.41, 5.74) is 0.808. The normalized spacial score (nSPS) is 12.8. The Labute approximate surface area is 192 Å². The SMILES string of the molecule is CC(C)(C)[Si](C)(C)OC/C=C\Sc1ccc(NC(=O)c2ccc(OC(F)(F)F)cc2)cc1. The van der Waals surface area contributed by atoms with Crippen molar-refractivity contribution in [3.8, 4) is 5.75 Å². The van der Waals surface area contributed by atoms with E-state index in [0.717, 1.165) is 17.0 Å². The molecule has 0 spiro atoms. The van der Waals surface area contributed by atoms with Crippen LogP contribution in [0.1, 0.15) is 31.1 Å². The monoisotopic (exact) mass is 483 g/mol. The summed E-state index contributed by atoms with van der Waals surface area (Å²) in [5.74, 6) is -0.801. The molecule has 1 amide bonds. The van der Waals surface area contributed by atoms with E-state index in [2.05, 4.69) is 43.9 Å². The van der Waals surface area contributed by atoms with Crippen LogP contribution < -0.4 is 10.1 Å². The number of halogens is 3. The first-order valence-electron chi connectivity index (χ1n) is 10.00. The molecule has 0 fully saturated rings. The van der Waals surface area contributed by atoms with Crippen molar-refractivity contribution in [2.45, 2.75) is 50.2 Å². The first-order chi connectivity index (χ1) is 14.8. The average Bonchev–Trinajstić information content (AvgIpc) is 2.67. The zero-order valence-electron chi connectivity index (χ0n) is 18.7. The van der Waals surface area contributed by atoms with Gasteiger partial charge >= 0.3 is 6.36 Å². The molecule has 0 saturated carbocycles. The number of benzene rings is 2. The summed E-state index contributed by atoms with van der Waals surface area (Å²) in [6.45, 7) is 11.6. The number of carbonyl (C=O) groups is 1. The molecule has 0 heterocycles. The Morgan fingerprint density at radius 3 is 2.16 bits per heavy atom. The third kappa shape index (κ3) is 8.37. The van der Waals surface area contributed by atoms with E-state index in [0.29, 0.717) is 12.3 Å². The minimum atomic E-state index is -4.77. The maximum atomic E-state index is 12.3. The third-order valence-corrected chi connectivity index (χ3v) is 10.5. The fourth-order valence-electron chi connectivity index (χ4n) is 2.27. The van der Waals surface area contributed by atoms with Gasteiger partial charge in [0.15, 0.2) is 8.32 Å². The van der Waals surface area contributed by atoms with Crippen LogP contribution in [0.3, 0.4) is 0 Å². The lowest BCUT2D eigenvalue weighted by molar-refractivity contribution is -0.274. The Morgan fingerprint density at radius 1 is 1.03 bits per heavy atom. The summed E-state index contributed by atoms with van der Waals surface area (Å²) in [4.78, 5) is 13.3. The lowest BCUT2D eigenvalue weighted by Gasteiger charge is -2.35. The van der Waals surface area contributed by atoms with Crippen LogP contribution in [0.2, 0.25) is 18.1 Å². The summed E-state index contributed by atoms with van der Waals surface area (Å²) >= 11 is 1.54. The highest BCUT2D eigenvalue weighted by Gasteiger charge is 2.36. The molecule has 1 N–H and O–H groups in total. The zero-order valence-corrected chi connectivity index (χ0v) is 20.6. The van der Waals surface area contributed by atoms with Crippen LogP contribution in [0.4, 0.5) is 18.9 Å². The number of rotatable bonds is 8. The molecule has 2 aromatic carbocycles. The molecule has 0 unspecified atom stereocenters. The molecule has 0 saturated heterocycles. The Bertz CT molecular complexity index is 921. The van der Waals surface area contributed by atoms with Crippen molar-refractivity contribution in [1.82, 2.24) is 0 Å². The molecule has 2 aromatic rings. The lowest BCUT2D eigenvalue weighted by Crippen LogP contribution is -2.40. The maximum Gasteiger partial charge on any atom is 0.573 e. The number of carbonyl (C=O) groups excluding carboxylic acids is 1. The van der Waals surface area contributed by atoms with Gasteiger partial charge in [0.05, 0.1) is 6.61 Å². The van der Waals surface area contributed by atoms with Gasteiger partial charge in [0.25, 0.3) is 5.91 Å². The van der Waals surface area contributed by atoms with Crippen molar-refractivity contribution in [1.29, 1.82) is 0 Å². The second kappa shape index (κ2) is 10.6. The molecule has 32 heavy (non-hydrogen) atoms. The Balaban J connectivity index is 1.84. The van der Waals surface area contributed by atoms with Crippen LogP contribution in [-0.4, -0.2) is 27.2 Å². The Morgan fingerprint density at radius 2 is 1.62 bits per heavy atom. The molecule has 174 valence electrons. The van der Waals surface area contributed by atoms with Gasteiger partial charge in [-0.2, -0.15) is 0 Å². The van der Waals surface area contributed by atoms with E-state index in [1.54, 1.807) is 23.9 Å². The van der Waals surface area contributed by atoms with Crippen molar-refractivity contribution < 1.29 is 27.1 Å². The van der Waals surface area contributed by atoms with Crippen molar-refractivity contribution in [2.75, 3.05) is 11.9 Å². The van der Waals surface area contributed by atoms with Crippen LogP contribution in [0, 0.1) is 0 Å². The van der Waals surface area contributed by atoms with E-state index in [-0.39, 0.29) is 16.4 Å². The third-order valence-electron chi connectivity index (χ3n) is 5.11. The van der Waals surface area contributed by atoms with Crippen LogP contribution in [0.15, 0.2) is 64.9 Å². The molecule has 2 rings (SSSR count). The highest BCUT2D eigenvalue weighted by atomic mass is 32.2. The summed E-state index contributed by atoms with van der Waals surface area (Å²) in [6.07, 6.45) is -2.77. The van der Waals surface area contributed by atoms with Gasteiger partial charge in [0.2, 0.25) is 0 Å². The summed E-state index contributed by atoms with van der Waals surface area (Å²) in [7, 11) is -1.76. The van der Waals surface area contributed by atoms with Crippen molar-refractivity contribution in [3.05, 3.63) is 65.6 Å². The molecule has 4 nitrogen and oxygen atoms in total. The predicted molar refractivity (Wildman–Crippen MR) is 126 cm³/mol. The second-order valence-corrected chi connectivity index (χ2v) is 14.4. The van der Waals surface area contributed by atoms with E-state index in [9.17, 15) is 18.0 Å². The van der Waals surface area contributed by atoms with Crippen LogP contribution in [0.25, 0.3) is 0 Å². The average molecular weight is 484 g/mol. The van der Waals surface area contributed by atoms with E-state index >= 15 is 0 Å². The van der Waals surface area contributed by atoms with E-state index in [4.69, 9.17) is 4.43 Å². The smallest absolute Gasteiger partial charge is 0.413 e. The van der Waals surface area contributed by atoms with E-state index in [1.165, 1.54) is 12.1 Å². The number of ether oxygens (including phenoxy) is 1. The number of anilines is 1. The molecule has 0 aromatic heterocycles. The number of hydrogen-bond acceptors (Lipinski definition) is 4. The molecule has 0 aliphatic rings. The van der Waals surface area contributed by atoms with Gasteiger partial charge in [-0.1, -0.05) is 38.6 Å². The highest BCUT2D eigenvalue weighted by Crippen LogP contribution is 2.36. The van der Waals surface area contributed by atoms with Gasteiger partial charge in [-0.05, 0) is 72.1 Å². The molecular weight excluding hydrogens is 455 g/mol. The number of nitrogens with one attached hydrogen (secondary N) is 1. The molecule has 0 aliphatic carbocycles. The largest absolute Gasteiger partial charge is 0.573 e. The van der Waals surface area contributed by atoms with Crippen LogP contribution in [-0.2, 0) is 4.43 Å². The van der Waals surface area contributed by atoms with Crippen molar-refractivity contribution in [3.63, 3.8) is 0 Å². The summed E-state index contributed by atoms with van der Waals surface area (Å²) in [5, 5.41) is 4.87. The quantitative estimate of drug-likeness (QED) is 0.313. The molecule has 0 bridgehead atoms. The topological polar surface area (TPSA) is 47.6 Å². The van der Waals surface area contributed by atoms with Gasteiger partial charge < -0.3 is 14.5 Å². The van der Waals surface area contributed by atoms with Crippen LogP contribution >= 0.6 is 11.8 Å². The summed E-state index contributed by atoms with van der Waals surface area (Å²) < 4.78 is 46.5. The van der Waals surface area contributed by atoms with Gasteiger partial charge in [0, 0.05) is 16.1 Å². The molecule has 9 heteroatoms. The number of thioether (sulfide) groups is 1. The maximum absolute atomic E-state index is 12.3. The van der Waals surface area contributed by atoms with Gasteiger partial charge in [-0.3, -0.25) is 4.79 Å². The van der Waals surface area contributed by atoms with Crippen LogP contribution in [0.5, 0.6) is 5.75 Å². The fraction of sp³-hybridized carbons (Fsp3) is 0.348. The minimum absolute atomic E-state index is 0.174. The molecule has 0 radical (unpaired) electrons. The molecular formula is C23H28F3NO3SSi. The predicted octanol–water partition coefficient (Wildman–Crippen LogP) is 7.47. The Hall–Kier alpha value is -2.23. The van der Waals surface area contributed by atoms with Gasteiger partial charge in [-0.25, -0.2) is 0 Å². The highest BCUT2D eigenvalue weighted by molar-refractivity contribution is 8.02. The standard InChI is InChI=1S/C23H28F3NO3SSi/c1-22(2,3)32(4,5)29-15-6-16-31-20-13-9-18(10-14-20)27-21(28)17-7-11-19(12-8-17)30-23(24,25)26/h6-14,16H,15H2,1-5H3,(H,27,28)/b16-6-. The first kappa shape index (κ1) is 26.0. The molecule has 0 aliphatic heterocycles. The molecule has 0 atom stereocenters. The fourth-order valence-corrected chi connectivity index (χ4v) is 3.84. The van der Waals surface area contributed by atoms with Gasteiger partial charge in [0.1, 0.15) is 5.75 Å². The number of amides is 1. The number of alkyl halides is 3. The second-order valence-electron chi connectivity index (χ2n) is 8.61. The summed E-state index contributed by atoms with van der Waals surface area (Å²) in [6, 6.07) is 12.0. The van der Waals surface area contributed by atoms with E-state index < -0.39 is 20.6 Å². The zero-order chi connectivity index (χ0) is 24.0. The van der Waals surface area contributed by atoms with Crippen molar-refractivity contribution >= 4 is 31.7 Å². The lowest BCUT2D eigenvalue weighted by atomic mass is 10.2.